The maximum atomic E-state index is 12.8. The molecule has 0 aliphatic carbocycles. The molecule has 1 fully saturated rings. The molecule has 7 unspecified atom stereocenters. The van der Waals surface area contributed by atoms with Gasteiger partial charge in [0.2, 0.25) is 5.91 Å². The summed E-state index contributed by atoms with van der Waals surface area (Å²) in [4.78, 5) is 12.8. The molecule has 1 aliphatic heterocycles. The molecule has 0 bridgehead atoms. The molecule has 1 aliphatic rings. The summed E-state index contributed by atoms with van der Waals surface area (Å²) < 4.78 is 11.1. The molecule has 7 atom stereocenters. The average molecular weight is 628 g/mol. The topological polar surface area (TPSA) is 149 Å². The van der Waals surface area contributed by atoms with Gasteiger partial charge in [-0.1, -0.05) is 122 Å². The van der Waals surface area contributed by atoms with Gasteiger partial charge in [0.25, 0.3) is 0 Å². The number of allylic oxidation sites excluding steroid dienone is 3. The van der Waals surface area contributed by atoms with E-state index in [-0.39, 0.29) is 12.5 Å². The van der Waals surface area contributed by atoms with E-state index >= 15 is 0 Å². The van der Waals surface area contributed by atoms with E-state index in [4.69, 9.17) is 9.47 Å². The quantitative estimate of drug-likeness (QED) is 0.0537. The van der Waals surface area contributed by atoms with E-state index in [9.17, 15) is 30.3 Å². The second-order valence-electron chi connectivity index (χ2n) is 12.3. The molecule has 9 nitrogen and oxygen atoms in total. The van der Waals surface area contributed by atoms with E-state index in [2.05, 4.69) is 31.3 Å². The monoisotopic (exact) mass is 627 g/mol. The SMILES string of the molecule is CCCCCCCC/C=C/CC/C=C/C(O)C(COC1OC(CO)C(O)C(O)C1O)NC(=O)CCCCCCCCCCC. The molecule has 0 saturated carbocycles. The highest BCUT2D eigenvalue weighted by molar-refractivity contribution is 5.76. The van der Waals surface area contributed by atoms with Crippen LogP contribution in [-0.4, -0.2) is 87.5 Å². The van der Waals surface area contributed by atoms with Gasteiger partial charge in [-0.15, -0.1) is 0 Å². The first-order valence-electron chi connectivity index (χ1n) is 17.6. The van der Waals surface area contributed by atoms with Crippen molar-refractivity contribution in [1.29, 1.82) is 0 Å². The van der Waals surface area contributed by atoms with Crippen LogP contribution in [0, 0.1) is 0 Å². The van der Waals surface area contributed by atoms with Crippen LogP contribution in [0.2, 0.25) is 0 Å². The van der Waals surface area contributed by atoms with Crippen molar-refractivity contribution in [1.82, 2.24) is 5.32 Å². The molecular formula is C35H65NO8. The molecule has 1 heterocycles. The number of nitrogens with one attached hydrogen (secondary N) is 1. The van der Waals surface area contributed by atoms with Crippen LogP contribution in [0.25, 0.3) is 0 Å². The van der Waals surface area contributed by atoms with Crippen molar-refractivity contribution in [3.63, 3.8) is 0 Å². The number of aliphatic hydroxyl groups excluding tert-OH is 5. The third-order valence-corrected chi connectivity index (χ3v) is 8.28. The Morgan fingerprint density at radius 3 is 1.91 bits per heavy atom. The van der Waals surface area contributed by atoms with Gasteiger partial charge in [0.1, 0.15) is 24.4 Å². The van der Waals surface area contributed by atoms with Crippen molar-refractivity contribution in [3.05, 3.63) is 24.3 Å². The third-order valence-electron chi connectivity index (χ3n) is 8.28. The molecule has 0 aromatic heterocycles. The number of carbonyl (C=O) groups is 1. The first-order valence-corrected chi connectivity index (χ1v) is 17.6. The Balaban J connectivity index is 2.55. The summed E-state index contributed by atoms with van der Waals surface area (Å²) in [6.07, 6.45) is 20.9. The summed E-state index contributed by atoms with van der Waals surface area (Å²) in [7, 11) is 0. The highest BCUT2D eigenvalue weighted by Gasteiger charge is 2.44. The van der Waals surface area contributed by atoms with Crippen LogP contribution >= 0.6 is 0 Å². The molecule has 0 spiro atoms. The molecule has 0 aromatic rings. The van der Waals surface area contributed by atoms with Crippen molar-refractivity contribution in [2.45, 2.75) is 179 Å². The van der Waals surface area contributed by atoms with E-state index in [0.717, 1.165) is 38.5 Å². The lowest BCUT2D eigenvalue weighted by molar-refractivity contribution is -0.302. The second kappa shape index (κ2) is 26.8. The number of hydrogen-bond donors (Lipinski definition) is 6. The molecular weight excluding hydrogens is 562 g/mol. The predicted octanol–water partition coefficient (Wildman–Crippen LogP) is 5.21. The first-order chi connectivity index (χ1) is 21.3. The average Bonchev–Trinajstić information content (AvgIpc) is 3.02. The number of amides is 1. The highest BCUT2D eigenvalue weighted by atomic mass is 16.7. The van der Waals surface area contributed by atoms with Crippen molar-refractivity contribution in [3.8, 4) is 0 Å². The third kappa shape index (κ3) is 18.6. The molecule has 0 radical (unpaired) electrons. The van der Waals surface area contributed by atoms with Crippen LogP contribution in [0.4, 0.5) is 0 Å². The standard InChI is InChI=1S/C35H65NO8/c1-3-5-7-9-11-13-14-15-17-18-20-22-24-29(38)28(27-43-35-34(42)33(41)32(40)30(26-37)44-35)36-31(39)25-23-21-19-16-12-10-8-6-4-2/h15,17,22,24,28-30,32-35,37-38,40-42H,3-14,16,18-21,23,25-27H2,1-2H3,(H,36,39)/b17-15+,24-22+. The number of hydrogen-bond acceptors (Lipinski definition) is 8. The lowest BCUT2D eigenvalue weighted by atomic mass is 9.99. The van der Waals surface area contributed by atoms with Crippen LogP contribution in [0.1, 0.15) is 136 Å². The fraction of sp³-hybridized carbons (Fsp3) is 0.857. The normalized spacial score (nSPS) is 23.8. The Morgan fingerprint density at radius 1 is 0.750 bits per heavy atom. The number of carbonyl (C=O) groups excluding carboxylic acids is 1. The first kappa shape index (κ1) is 40.7. The van der Waals surface area contributed by atoms with E-state index in [1.807, 2.05) is 6.08 Å². The zero-order chi connectivity index (χ0) is 32.4. The van der Waals surface area contributed by atoms with Crippen molar-refractivity contribution in [2.24, 2.45) is 0 Å². The Kier molecular flexibility index (Phi) is 24.8. The summed E-state index contributed by atoms with van der Waals surface area (Å²) in [6.45, 7) is 3.67. The van der Waals surface area contributed by atoms with E-state index < -0.39 is 49.5 Å². The predicted molar refractivity (Wildman–Crippen MR) is 175 cm³/mol. The van der Waals surface area contributed by atoms with E-state index in [0.29, 0.717) is 6.42 Å². The summed E-state index contributed by atoms with van der Waals surface area (Å²) >= 11 is 0. The Hall–Kier alpha value is -1.33. The van der Waals surface area contributed by atoms with Gasteiger partial charge >= 0.3 is 0 Å². The fourth-order valence-corrected chi connectivity index (χ4v) is 5.34. The summed E-state index contributed by atoms with van der Waals surface area (Å²) in [5.74, 6) is -0.194. The second-order valence-corrected chi connectivity index (χ2v) is 12.3. The minimum Gasteiger partial charge on any atom is -0.394 e. The number of ether oxygens (including phenoxy) is 2. The summed E-state index contributed by atoms with van der Waals surface area (Å²) in [5, 5.41) is 53.6. The maximum Gasteiger partial charge on any atom is 0.220 e. The molecule has 1 amide bonds. The van der Waals surface area contributed by atoms with Gasteiger partial charge in [-0.25, -0.2) is 0 Å². The minimum atomic E-state index is -1.57. The molecule has 0 aromatic carbocycles. The zero-order valence-corrected chi connectivity index (χ0v) is 27.7. The van der Waals surface area contributed by atoms with Crippen LogP contribution in [0.3, 0.4) is 0 Å². The summed E-state index contributed by atoms with van der Waals surface area (Å²) in [6, 6.07) is -0.812. The molecule has 9 heteroatoms. The molecule has 258 valence electrons. The molecule has 1 rings (SSSR count). The maximum absolute atomic E-state index is 12.8. The van der Waals surface area contributed by atoms with Gasteiger partial charge in [0.15, 0.2) is 6.29 Å². The minimum absolute atomic E-state index is 0.194. The van der Waals surface area contributed by atoms with E-state index in [1.165, 1.54) is 77.0 Å². The lowest BCUT2D eigenvalue weighted by Gasteiger charge is -2.40. The van der Waals surface area contributed by atoms with Gasteiger partial charge in [-0.2, -0.15) is 0 Å². The molecule has 6 N–H and O–H groups in total. The van der Waals surface area contributed by atoms with Crippen LogP contribution in [0.15, 0.2) is 24.3 Å². The number of aliphatic hydroxyl groups is 5. The van der Waals surface area contributed by atoms with Gasteiger partial charge in [-0.3, -0.25) is 4.79 Å². The summed E-state index contributed by atoms with van der Waals surface area (Å²) in [5.41, 5.74) is 0. The molecule has 44 heavy (non-hydrogen) atoms. The van der Waals surface area contributed by atoms with E-state index in [1.54, 1.807) is 6.08 Å². The van der Waals surface area contributed by atoms with Crippen LogP contribution in [-0.2, 0) is 14.3 Å². The lowest BCUT2D eigenvalue weighted by Crippen LogP contribution is -2.60. The smallest absolute Gasteiger partial charge is 0.220 e. The Labute approximate surface area is 267 Å². The Bertz CT molecular complexity index is 746. The van der Waals surface area contributed by atoms with Crippen LogP contribution < -0.4 is 5.32 Å². The van der Waals surface area contributed by atoms with Crippen molar-refractivity contribution < 1.29 is 39.8 Å². The van der Waals surface area contributed by atoms with Gasteiger partial charge in [0.05, 0.1) is 25.4 Å². The van der Waals surface area contributed by atoms with Gasteiger partial charge in [-0.05, 0) is 32.1 Å². The fourth-order valence-electron chi connectivity index (χ4n) is 5.34. The number of rotatable bonds is 27. The number of unbranched alkanes of at least 4 members (excludes halogenated alkanes) is 15. The zero-order valence-electron chi connectivity index (χ0n) is 27.7. The Morgan fingerprint density at radius 2 is 1.30 bits per heavy atom. The van der Waals surface area contributed by atoms with Crippen LogP contribution in [0.5, 0.6) is 0 Å². The van der Waals surface area contributed by atoms with Gasteiger partial charge < -0.3 is 40.3 Å². The highest BCUT2D eigenvalue weighted by Crippen LogP contribution is 2.22. The largest absolute Gasteiger partial charge is 0.394 e. The molecule has 1 saturated heterocycles. The van der Waals surface area contributed by atoms with Crippen molar-refractivity contribution >= 4 is 5.91 Å². The van der Waals surface area contributed by atoms with Crippen molar-refractivity contribution in [2.75, 3.05) is 13.2 Å². The van der Waals surface area contributed by atoms with Gasteiger partial charge in [0, 0.05) is 6.42 Å².